The van der Waals surface area contributed by atoms with Crippen LogP contribution in [0, 0.1) is 0 Å². The summed E-state index contributed by atoms with van der Waals surface area (Å²) in [5, 5.41) is 24.8. The molecule has 4 nitrogen and oxygen atoms in total. The maximum absolute atomic E-state index is 9.55. The van der Waals surface area contributed by atoms with Gasteiger partial charge < -0.3 is 20.1 Å². The van der Waals surface area contributed by atoms with Crippen LogP contribution >= 0.6 is 0 Å². The van der Waals surface area contributed by atoms with Gasteiger partial charge in [-0.05, 0) is 38.3 Å². The summed E-state index contributed by atoms with van der Waals surface area (Å²) in [4.78, 5) is 0. The van der Waals surface area contributed by atoms with Crippen LogP contribution in [-0.2, 0) is 11.2 Å². The molecule has 0 spiro atoms. The van der Waals surface area contributed by atoms with E-state index in [2.05, 4.69) is 6.92 Å². The van der Waals surface area contributed by atoms with Gasteiger partial charge in [0.05, 0.1) is 13.2 Å². The SMILES string of the molecule is CCCCCCCCc1ccccc1O.CCOCC.OCCO.[NaH]. The van der Waals surface area contributed by atoms with E-state index in [-0.39, 0.29) is 42.8 Å². The van der Waals surface area contributed by atoms with E-state index in [4.69, 9.17) is 14.9 Å². The van der Waals surface area contributed by atoms with Crippen LogP contribution in [0.1, 0.15) is 64.9 Å². The number of aliphatic hydroxyl groups is 2. The average Bonchev–Trinajstić information content (AvgIpc) is 2.61. The van der Waals surface area contributed by atoms with Gasteiger partial charge in [0.15, 0.2) is 0 Å². The van der Waals surface area contributed by atoms with Crippen molar-refractivity contribution in [3.8, 4) is 5.75 Å². The van der Waals surface area contributed by atoms with Gasteiger partial charge in [-0.25, -0.2) is 0 Å². The second-order valence-electron chi connectivity index (χ2n) is 5.38. The van der Waals surface area contributed by atoms with E-state index in [1.54, 1.807) is 6.07 Å². The Morgan fingerprint density at radius 2 is 1.32 bits per heavy atom. The number of aliphatic hydroxyl groups excluding tert-OH is 2. The first-order chi connectivity index (χ1) is 11.7. The number of para-hydroxylation sites is 1. The number of benzene rings is 1. The summed E-state index contributed by atoms with van der Waals surface area (Å²) >= 11 is 0. The number of rotatable bonds is 10. The first-order valence-corrected chi connectivity index (χ1v) is 9.24. The van der Waals surface area contributed by atoms with E-state index in [1.165, 1.54) is 38.5 Å². The van der Waals surface area contributed by atoms with Gasteiger partial charge in [0.25, 0.3) is 0 Å². The number of hydrogen-bond donors (Lipinski definition) is 3. The molecule has 0 aliphatic heterocycles. The fraction of sp³-hybridized carbons (Fsp3) is 0.700. The van der Waals surface area contributed by atoms with Crippen molar-refractivity contribution in [1.29, 1.82) is 0 Å². The quantitative estimate of drug-likeness (QED) is 0.437. The van der Waals surface area contributed by atoms with Gasteiger partial charge >= 0.3 is 29.6 Å². The van der Waals surface area contributed by atoms with Gasteiger partial charge in [0.1, 0.15) is 5.75 Å². The summed E-state index contributed by atoms with van der Waals surface area (Å²) in [6, 6.07) is 7.65. The third kappa shape index (κ3) is 23.9. The van der Waals surface area contributed by atoms with Crippen LogP contribution in [-0.4, -0.2) is 71.3 Å². The maximum atomic E-state index is 9.55. The standard InChI is InChI=1S/C14H22O.C4H10O.C2H6O2.Na.H/c1-2-3-4-5-6-7-10-13-11-8-9-12-14(13)15;1-3-5-4-2;3-1-2-4;;/h8-9,11-12,15H,2-7,10H2,1H3;3-4H2,1-2H3;3-4H,1-2H2;;. The molecule has 25 heavy (non-hydrogen) atoms. The van der Waals surface area contributed by atoms with Crippen molar-refractivity contribution in [3.63, 3.8) is 0 Å². The third-order valence-corrected chi connectivity index (χ3v) is 3.30. The molecule has 0 fully saturated rings. The summed E-state index contributed by atoms with van der Waals surface area (Å²) in [7, 11) is 0. The first-order valence-electron chi connectivity index (χ1n) is 9.24. The summed E-state index contributed by atoms with van der Waals surface area (Å²) in [6.07, 6.45) is 8.85. The van der Waals surface area contributed by atoms with Gasteiger partial charge in [-0.15, -0.1) is 0 Å². The molecule has 0 atom stereocenters. The topological polar surface area (TPSA) is 69.9 Å². The van der Waals surface area contributed by atoms with Crippen LogP contribution < -0.4 is 0 Å². The molecule has 0 aromatic heterocycles. The van der Waals surface area contributed by atoms with E-state index < -0.39 is 0 Å². The van der Waals surface area contributed by atoms with Crippen molar-refractivity contribution in [2.45, 2.75) is 65.7 Å². The molecule has 0 heterocycles. The van der Waals surface area contributed by atoms with Crippen molar-refractivity contribution < 1.29 is 20.1 Å². The molecule has 0 amide bonds. The molecule has 0 aliphatic carbocycles. The van der Waals surface area contributed by atoms with Gasteiger partial charge in [0, 0.05) is 13.2 Å². The summed E-state index contributed by atoms with van der Waals surface area (Å²) in [6.45, 7) is 7.65. The van der Waals surface area contributed by atoms with E-state index in [0.29, 0.717) is 5.75 Å². The molecule has 0 unspecified atom stereocenters. The Morgan fingerprint density at radius 3 is 1.76 bits per heavy atom. The molecule has 0 saturated heterocycles. The molecule has 1 aromatic rings. The Balaban J connectivity index is -0.000000405. The third-order valence-electron chi connectivity index (χ3n) is 3.30. The predicted molar refractivity (Wildman–Crippen MR) is 109 cm³/mol. The van der Waals surface area contributed by atoms with E-state index in [9.17, 15) is 5.11 Å². The van der Waals surface area contributed by atoms with E-state index >= 15 is 0 Å². The minimum atomic E-state index is -0.125. The fourth-order valence-electron chi connectivity index (χ4n) is 2.02. The number of phenols is 1. The number of hydrogen-bond acceptors (Lipinski definition) is 4. The Hall–Kier alpha value is -0.100. The first kappa shape index (κ1) is 29.7. The molecule has 0 saturated carbocycles. The van der Waals surface area contributed by atoms with Gasteiger partial charge in [-0.2, -0.15) is 0 Å². The minimum absolute atomic E-state index is 0. The molecular weight excluding hydrogens is 327 g/mol. The molecule has 1 aromatic carbocycles. The van der Waals surface area contributed by atoms with Gasteiger partial charge in [-0.3, -0.25) is 0 Å². The summed E-state index contributed by atoms with van der Waals surface area (Å²) < 4.78 is 4.83. The average molecular weight is 367 g/mol. The number of unbranched alkanes of at least 4 members (excludes halogenated alkanes) is 5. The van der Waals surface area contributed by atoms with Crippen LogP contribution in [0.5, 0.6) is 5.75 Å². The summed E-state index contributed by atoms with van der Waals surface area (Å²) in [5.74, 6) is 0.450. The second kappa shape index (κ2) is 26.1. The Kier molecular flexibility index (Phi) is 31.0. The normalized spacial score (nSPS) is 9.16. The Bertz CT molecular complexity index is 344. The van der Waals surface area contributed by atoms with Crippen LogP contribution in [0.25, 0.3) is 0 Å². The van der Waals surface area contributed by atoms with Gasteiger partial charge in [-0.1, -0.05) is 57.2 Å². The Morgan fingerprint density at radius 1 is 0.800 bits per heavy atom. The Labute approximate surface area is 176 Å². The molecule has 0 aliphatic rings. The molecule has 5 heteroatoms. The van der Waals surface area contributed by atoms with Crippen LogP contribution in [0.2, 0.25) is 0 Å². The molecule has 0 radical (unpaired) electrons. The van der Waals surface area contributed by atoms with Crippen LogP contribution in [0.3, 0.4) is 0 Å². The monoisotopic (exact) mass is 366 g/mol. The molecule has 144 valence electrons. The molecular formula is C20H39NaO4. The van der Waals surface area contributed by atoms with Crippen molar-refractivity contribution in [1.82, 2.24) is 0 Å². The second-order valence-corrected chi connectivity index (χ2v) is 5.38. The van der Waals surface area contributed by atoms with Crippen molar-refractivity contribution in [3.05, 3.63) is 29.8 Å². The fourth-order valence-corrected chi connectivity index (χ4v) is 2.02. The van der Waals surface area contributed by atoms with Crippen molar-refractivity contribution >= 4 is 29.6 Å². The van der Waals surface area contributed by atoms with Crippen molar-refractivity contribution in [2.75, 3.05) is 26.4 Å². The number of aryl methyl sites for hydroxylation is 1. The van der Waals surface area contributed by atoms with Crippen molar-refractivity contribution in [2.24, 2.45) is 0 Å². The molecule has 1 rings (SSSR count). The van der Waals surface area contributed by atoms with Gasteiger partial charge in [0.2, 0.25) is 0 Å². The van der Waals surface area contributed by atoms with Crippen LogP contribution in [0.4, 0.5) is 0 Å². The molecule has 3 N–H and O–H groups in total. The van der Waals surface area contributed by atoms with E-state index in [0.717, 1.165) is 25.2 Å². The predicted octanol–water partition coefficient (Wildman–Crippen LogP) is 3.66. The zero-order chi connectivity index (χ0) is 18.5. The number of aromatic hydroxyl groups is 1. The van der Waals surface area contributed by atoms with E-state index in [1.807, 2.05) is 32.0 Å². The molecule has 0 bridgehead atoms. The zero-order valence-corrected chi connectivity index (χ0v) is 15.8. The number of ether oxygens (including phenoxy) is 1. The van der Waals surface area contributed by atoms with Crippen LogP contribution in [0.15, 0.2) is 24.3 Å². The zero-order valence-electron chi connectivity index (χ0n) is 15.8. The summed E-state index contributed by atoms with van der Waals surface area (Å²) in [5.41, 5.74) is 1.09. The number of phenolic OH excluding ortho intramolecular Hbond substituents is 1.